The molecule has 2 amide bonds. The predicted molar refractivity (Wildman–Crippen MR) is 51.2 cm³/mol. The van der Waals surface area contributed by atoms with Crippen molar-refractivity contribution in [2.24, 2.45) is 0 Å². The van der Waals surface area contributed by atoms with Gasteiger partial charge in [0, 0.05) is 7.05 Å². The standard InChI is InChI=1S/C9H10N2O3/c1-10-9(14)8-6(11-5-12)3-2-4-7(8)13/h2-5,13H,1H3,(H,10,14)(H,11,12). The van der Waals surface area contributed by atoms with Gasteiger partial charge in [0.25, 0.3) is 5.91 Å². The summed E-state index contributed by atoms with van der Waals surface area (Å²) in [6.45, 7) is 0. The number of carbonyl (C=O) groups is 2. The number of phenols is 1. The van der Waals surface area contributed by atoms with Crippen molar-refractivity contribution in [2.75, 3.05) is 12.4 Å². The minimum absolute atomic E-state index is 0.0575. The Hall–Kier alpha value is -2.04. The molecule has 0 aliphatic carbocycles. The lowest BCUT2D eigenvalue weighted by Gasteiger charge is -2.08. The van der Waals surface area contributed by atoms with Crippen molar-refractivity contribution >= 4 is 18.0 Å². The molecule has 74 valence electrons. The molecule has 5 nitrogen and oxygen atoms in total. The highest BCUT2D eigenvalue weighted by Crippen LogP contribution is 2.24. The molecule has 0 bridgehead atoms. The molecule has 0 spiro atoms. The van der Waals surface area contributed by atoms with Gasteiger partial charge in [-0.05, 0) is 12.1 Å². The quantitative estimate of drug-likeness (QED) is 0.606. The second-order valence-corrected chi connectivity index (χ2v) is 2.54. The van der Waals surface area contributed by atoms with Crippen LogP contribution in [0.3, 0.4) is 0 Å². The number of anilines is 1. The first kappa shape index (κ1) is 10.0. The summed E-state index contributed by atoms with van der Waals surface area (Å²) >= 11 is 0. The zero-order valence-corrected chi connectivity index (χ0v) is 7.57. The molecule has 0 radical (unpaired) electrons. The van der Waals surface area contributed by atoms with Crippen molar-refractivity contribution in [3.63, 3.8) is 0 Å². The number of rotatable bonds is 3. The van der Waals surface area contributed by atoms with E-state index >= 15 is 0 Å². The largest absolute Gasteiger partial charge is 0.507 e. The molecule has 3 N–H and O–H groups in total. The summed E-state index contributed by atoms with van der Waals surface area (Å²) in [6.07, 6.45) is 0.446. The van der Waals surface area contributed by atoms with Gasteiger partial charge in [-0.1, -0.05) is 6.07 Å². The van der Waals surface area contributed by atoms with Crippen LogP contribution >= 0.6 is 0 Å². The molecule has 0 aliphatic heterocycles. The van der Waals surface area contributed by atoms with Gasteiger partial charge in [-0.15, -0.1) is 0 Å². The van der Waals surface area contributed by atoms with E-state index < -0.39 is 5.91 Å². The van der Waals surface area contributed by atoms with Crippen LogP contribution in [-0.2, 0) is 4.79 Å². The molecule has 1 aromatic rings. The van der Waals surface area contributed by atoms with Crippen LogP contribution in [0.4, 0.5) is 5.69 Å². The molecule has 14 heavy (non-hydrogen) atoms. The molecular weight excluding hydrogens is 184 g/mol. The van der Waals surface area contributed by atoms with E-state index in [0.717, 1.165) is 0 Å². The summed E-state index contributed by atoms with van der Waals surface area (Å²) in [7, 11) is 1.44. The second-order valence-electron chi connectivity index (χ2n) is 2.54. The summed E-state index contributed by atoms with van der Waals surface area (Å²) in [5.74, 6) is -0.622. The molecule has 0 saturated carbocycles. The maximum absolute atomic E-state index is 11.3. The lowest BCUT2D eigenvalue weighted by atomic mass is 10.1. The van der Waals surface area contributed by atoms with Gasteiger partial charge in [0.05, 0.1) is 5.69 Å². The van der Waals surface area contributed by atoms with Gasteiger partial charge in [0.2, 0.25) is 6.41 Å². The van der Waals surface area contributed by atoms with Crippen molar-refractivity contribution in [1.29, 1.82) is 0 Å². The van der Waals surface area contributed by atoms with Crippen molar-refractivity contribution < 1.29 is 14.7 Å². The van der Waals surface area contributed by atoms with Crippen LogP contribution in [0.15, 0.2) is 18.2 Å². The van der Waals surface area contributed by atoms with E-state index in [4.69, 9.17) is 0 Å². The van der Waals surface area contributed by atoms with Gasteiger partial charge in [0.1, 0.15) is 11.3 Å². The van der Waals surface area contributed by atoms with Crippen molar-refractivity contribution in [3.8, 4) is 5.75 Å². The predicted octanol–water partition coefficient (Wildman–Crippen LogP) is 0.320. The fourth-order valence-corrected chi connectivity index (χ4v) is 1.09. The average molecular weight is 194 g/mol. The summed E-state index contributed by atoms with van der Waals surface area (Å²) in [4.78, 5) is 21.5. The van der Waals surface area contributed by atoms with Gasteiger partial charge in [-0.2, -0.15) is 0 Å². The van der Waals surface area contributed by atoms with Crippen LogP contribution in [0.1, 0.15) is 10.4 Å². The van der Waals surface area contributed by atoms with Gasteiger partial charge in [-0.3, -0.25) is 9.59 Å². The molecule has 5 heteroatoms. The Morgan fingerprint density at radius 2 is 2.21 bits per heavy atom. The van der Waals surface area contributed by atoms with Crippen LogP contribution in [0.5, 0.6) is 5.75 Å². The van der Waals surface area contributed by atoms with Crippen molar-refractivity contribution in [1.82, 2.24) is 5.32 Å². The van der Waals surface area contributed by atoms with Crippen LogP contribution in [0.2, 0.25) is 0 Å². The molecular formula is C9H10N2O3. The molecule has 0 aliphatic rings. The van der Waals surface area contributed by atoms with E-state index in [1.807, 2.05) is 0 Å². The second kappa shape index (κ2) is 4.27. The minimum Gasteiger partial charge on any atom is -0.507 e. The van der Waals surface area contributed by atoms with E-state index in [0.29, 0.717) is 6.41 Å². The number of hydrogen-bond donors (Lipinski definition) is 3. The van der Waals surface area contributed by atoms with Crippen molar-refractivity contribution in [3.05, 3.63) is 23.8 Å². The van der Waals surface area contributed by atoms with E-state index in [1.54, 1.807) is 0 Å². The number of amides is 2. The first-order valence-corrected chi connectivity index (χ1v) is 3.95. The Kier molecular flexibility index (Phi) is 3.06. The Balaban J connectivity index is 3.21. The monoisotopic (exact) mass is 194 g/mol. The van der Waals surface area contributed by atoms with Crippen LogP contribution in [0, 0.1) is 0 Å². The van der Waals surface area contributed by atoms with Gasteiger partial charge in [0.15, 0.2) is 0 Å². The van der Waals surface area contributed by atoms with Gasteiger partial charge in [-0.25, -0.2) is 0 Å². The normalized spacial score (nSPS) is 9.21. The number of benzene rings is 1. The fourth-order valence-electron chi connectivity index (χ4n) is 1.09. The molecule has 0 unspecified atom stereocenters. The average Bonchev–Trinajstić information content (AvgIpc) is 2.18. The lowest BCUT2D eigenvalue weighted by Crippen LogP contribution is -2.19. The SMILES string of the molecule is CNC(=O)c1c(O)cccc1NC=O. The Morgan fingerprint density at radius 3 is 2.79 bits per heavy atom. The molecule has 0 aromatic heterocycles. The Labute approximate surface area is 80.7 Å². The van der Waals surface area contributed by atoms with Crippen molar-refractivity contribution in [2.45, 2.75) is 0 Å². The zero-order chi connectivity index (χ0) is 10.6. The number of aromatic hydroxyl groups is 1. The molecule has 0 fully saturated rings. The van der Waals surface area contributed by atoms with E-state index in [2.05, 4.69) is 10.6 Å². The number of nitrogens with one attached hydrogen (secondary N) is 2. The zero-order valence-electron chi connectivity index (χ0n) is 7.57. The highest BCUT2D eigenvalue weighted by atomic mass is 16.3. The summed E-state index contributed by atoms with van der Waals surface area (Å²) in [6, 6.07) is 4.44. The van der Waals surface area contributed by atoms with E-state index in [-0.39, 0.29) is 17.0 Å². The third-order valence-electron chi connectivity index (χ3n) is 1.71. The van der Waals surface area contributed by atoms with Gasteiger partial charge < -0.3 is 15.7 Å². The van der Waals surface area contributed by atoms with E-state index in [9.17, 15) is 14.7 Å². The lowest BCUT2D eigenvalue weighted by molar-refractivity contribution is -0.105. The molecule has 0 saturated heterocycles. The summed E-state index contributed by atoms with van der Waals surface area (Å²) < 4.78 is 0. The third kappa shape index (κ3) is 1.82. The summed E-state index contributed by atoms with van der Waals surface area (Å²) in [5.41, 5.74) is 0.335. The highest BCUT2D eigenvalue weighted by Gasteiger charge is 2.13. The Morgan fingerprint density at radius 1 is 1.50 bits per heavy atom. The van der Waals surface area contributed by atoms with Crippen LogP contribution in [0.25, 0.3) is 0 Å². The maximum Gasteiger partial charge on any atom is 0.256 e. The maximum atomic E-state index is 11.3. The Bertz CT molecular complexity index is 363. The number of phenolic OH excluding ortho intramolecular Hbond substituents is 1. The highest BCUT2D eigenvalue weighted by molar-refractivity contribution is 6.03. The fraction of sp³-hybridized carbons (Fsp3) is 0.111. The van der Waals surface area contributed by atoms with E-state index in [1.165, 1.54) is 25.2 Å². The number of hydrogen-bond acceptors (Lipinski definition) is 3. The molecule has 1 rings (SSSR count). The first-order valence-electron chi connectivity index (χ1n) is 3.95. The first-order chi connectivity index (χ1) is 6.70. The number of carbonyl (C=O) groups excluding carboxylic acids is 2. The molecule has 0 heterocycles. The molecule has 1 aromatic carbocycles. The molecule has 0 atom stereocenters. The summed E-state index contributed by atoms with van der Waals surface area (Å²) in [5, 5.41) is 14.1. The van der Waals surface area contributed by atoms with Crippen LogP contribution in [-0.4, -0.2) is 24.5 Å². The smallest absolute Gasteiger partial charge is 0.256 e. The van der Waals surface area contributed by atoms with Gasteiger partial charge >= 0.3 is 0 Å². The minimum atomic E-state index is -0.451. The topological polar surface area (TPSA) is 78.4 Å². The third-order valence-corrected chi connectivity index (χ3v) is 1.71. The van der Waals surface area contributed by atoms with Crippen LogP contribution < -0.4 is 10.6 Å².